The number of nitrogens with one attached hydrogen (secondary N) is 1. The Morgan fingerprint density at radius 2 is 2.08 bits per heavy atom. The van der Waals surface area contributed by atoms with Gasteiger partial charge in [0.05, 0.1) is 10.7 Å². The molecule has 0 aliphatic carbocycles. The number of rotatable bonds is 3. The van der Waals surface area contributed by atoms with Crippen molar-refractivity contribution in [3.05, 3.63) is 64.8 Å². The second kappa shape index (κ2) is 6.26. The lowest BCUT2D eigenvalue weighted by Crippen LogP contribution is -2.12. The van der Waals surface area contributed by atoms with Gasteiger partial charge in [-0.25, -0.2) is 0 Å². The quantitative estimate of drug-likeness (QED) is 0.748. The summed E-state index contributed by atoms with van der Waals surface area (Å²) < 4.78 is 11.0. The number of aromatic nitrogens is 1. The van der Waals surface area contributed by atoms with E-state index < -0.39 is 0 Å². The van der Waals surface area contributed by atoms with Crippen molar-refractivity contribution in [3.63, 3.8) is 0 Å². The van der Waals surface area contributed by atoms with Crippen LogP contribution in [0.25, 0.3) is 11.3 Å². The molecule has 0 fully saturated rings. The Kier molecular flexibility index (Phi) is 3.93. The van der Waals surface area contributed by atoms with Crippen LogP contribution in [0.3, 0.4) is 0 Å². The molecule has 126 valence electrons. The molecule has 1 aromatic heterocycles. The van der Waals surface area contributed by atoms with Gasteiger partial charge in [-0.1, -0.05) is 28.9 Å². The number of amides is 1. The maximum atomic E-state index is 12.3. The van der Waals surface area contributed by atoms with Gasteiger partial charge in [0.15, 0.2) is 11.5 Å². The van der Waals surface area contributed by atoms with E-state index in [-0.39, 0.29) is 17.7 Å². The summed E-state index contributed by atoms with van der Waals surface area (Å²) >= 11 is 6.05. The molecule has 0 unspecified atom stereocenters. The lowest BCUT2D eigenvalue weighted by atomic mass is 10.1. The number of nitrogens with zero attached hydrogens (tertiary/aromatic N) is 1. The molecular formula is C19H15ClN2O3. The van der Waals surface area contributed by atoms with Crippen LogP contribution in [0.1, 0.15) is 23.0 Å². The third kappa shape index (κ3) is 3.10. The molecule has 4 rings (SSSR count). The Balaban J connectivity index is 1.55. The van der Waals surface area contributed by atoms with Crippen LogP contribution < -0.4 is 10.1 Å². The van der Waals surface area contributed by atoms with Gasteiger partial charge < -0.3 is 14.6 Å². The first kappa shape index (κ1) is 15.7. The third-order valence-corrected chi connectivity index (χ3v) is 4.37. The molecule has 1 N–H and O–H groups in total. The van der Waals surface area contributed by atoms with E-state index in [1.165, 1.54) is 0 Å². The molecule has 5 nitrogen and oxygen atoms in total. The van der Waals surface area contributed by atoms with Gasteiger partial charge in [-0.15, -0.1) is 0 Å². The highest BCUT2D eigenvalue weighted by atomic mass is 35.5. The molecule has 2 aromatic carbocycles. The Morgan fingerprint density at radius 1 is 1.24 bits per heavy atom. The summed E-state index contributed by atoms with van der Waals surface area (Å²) in [6, 6.07) is 14.5. The van der Waals surface area contributed by atoms with Gasteiger partial charge in [-0.3, -0.25) is 4.79 Å². The van der Waals surface area contributed by atoms with E-state index >= 15 is 0 Å². The van der Waals surface area contributed by atoms with Gasteiger partial charge in [0.2, 0.25) is 0 Å². The van der Waals surface area contributed by atoms with Crippen molar-refractivity contribution in [1.82, 2.24) is 5.16 Å². The number of benzene rings is 2. The molecule has 1 aliphatic rings. The fourth-order valence-electron chi connectivity index (χ4n) is 2.84. The number of halogens is 1. The van der Waals surface area contributed by atoms with Crippen LogP contribution in [0.5, 0.6) is 5.75 Å². The van der Waals surface area contributed by atoms with Gasteiger partial charge in [0.1, 0.15) is 11.9 Å². The number of para-hydroxylation sites is 1. The normalized spacial score (nSPS) is 15.5. The van der Waals surface area contributed by atoms with Crippen LogP contribution in [0.15, 0.2) is 53.1 Å². The van der Waals surface area contributed by atoms with Crippen molar-refractivity contribution in [3.8, 4) is 17.1 Å². The van der Waals surface area contributed by atoms with Crippen molar-refractivity contribution in [2.75, 3.05) is 5.32 Å². The van der Waals surface area contributed by atoms with Gasteiger partial charge in [-0.05, 0) is 42.8 Å². The van der Waals surface area contributed by atoms with E-state index in [0.717, 1.165) is 23.3 Å². The summed E-state index contributed by atoms with van der Waals surface area (Å²) in [5, 5.41) is 7.06. The molecule has 1 amide bonds. The summed E-state index contributed by atoms with van der Waals surface area (Å²) in [5.74, 6) is 1.06. The number of anilines is 1. The fourth-order valence-corrected chi connectivity index (χ4v) is 3.03. The van der Waals surface area contributed by atoms with E-state index in [4.69, 9.17) is 20.9 Å². The molecule has 0 bridgehead atoms. The number of hydrogen-bond donors (Lipinski definition) is 1. The molecule has 3 aromatic rings. The van der Waals surface area contributed by atoms with Crippen molar-refractivity contribution >= 4 is 23.2 Å². The van der Waals surface area contributed by atoms with E-state index in [9.17, 15) is 4.79 Å². The maximum Gasteiger partial charge on any atom is 0.277 e. The zero-order chi connectivity index (χ0) is 17.4. The number of hydrogen-bond acceptors (Lipinski definition) is 4. The Bertz CT molecular complexity index is 951. The Labute approximate surface area is 149 Å². The molecule has 0 saturated carbocycles. The van der Waals surface area contributed by atoms with Crippen molar-refractivity contribution in [1.29, 1.82) is 0 Å². The highest BCUT2D eigenvalue weighted by Crippen LogP contribution is 2.33. The van der Waals surface area contributed by atoms with Crippen LogP contribution in [0.4, 0.5) is 5.69 Å². The Morgan fingerprint density at radius 3 is 2.92 bits per heavy atom. The SMILES string of the molecule is C[C@@H]1Cc2cc(-c3cc(C(=O)Nc4ccccc4Cl)no3)ccc2O1. The minimum absolute atomic E-state index is 0.178. The minimum Gasteiger partial charge on any atom is -0.490 e. The largest absolute Gasteiger partial charge is 0.490 e. The predicted octanol–water partition coefficient (Wildman–Crippen LogP) is 4.57. The van der Waals surface area contributed by atoms with Crippen molar-refractivity contribution in [2.45, 2.75) is 19.4 Å². The monoisotopic (exact) mass is 354 g/mol. The summed E-state index contributed by atoms with van der Waals surface area (Å²) in [7, 11) is 0. The summed E-state index contributed by atoms with van der Waals surface area (Å²) in [4.78, 5) is 12.3. The number of carbonyl (C=O) groups is 1. The van der Waals surface area contributed by atoms with Gasteiger partial charge in [0, 0.05) is 18.1 Å². The topological polar surface area (TPSA) is 64.4 Å². The highest BCUT2D eigenvalue weighted by molar-refractivity contribution is 6.33. The fraction of sp³-hybridized carbons (Fsp3) is 0.158. The number of ether oxygens (including phenoxy) is 1. The third-order valence-electron chi connectivity index (χ3n) is 4.05. The molecule has 0 spiro atoms. The molecule has 1 atom stereocenters. The molecule has 1 aliphatic heterocycles. The van der Waals surface area contributed by atoms with Crippen LogP contribution >= 0.6 is 11.6 Å². The van der Waals surface area contributed by atoms with E-state index in [1.54, 1.807) is 30.3 Å². The molecule has 6 heteroatoms. The zero-order valence-electron chi connectivity index (χ0n) is 13.5. The van der Waals surface area contributed by atoms with Crippen molar-refractivity contribution in [2.24, 2.45) is 0 Å². The standard InChI is InChI=1S/C19H15ClN2O3/c1-11-8-13-9-12(6-7-17(13)24-11)18-10-16(22-25-18)19(23)21-15-5-3-2-4-14(15)20/h2-7,9-11H,8H2,1H3,(H,21,23)/t11-/m1/s1. The second-order valence-corrected chi connectivity index (χ2v) is 6.37. The molecular weight excluding hydrogens is 340 g/mol. The smallest absolute Gasteiger partial charge is 0.277 e. The molecule has 2 heterocycles. The van der Waals surface area contributed by atoms with Crippen LogP contribution in [-0.4, -0.2) is 17.2 Å². The lowest BCUT2D eigenvalue weighted by molar-refractivity contribution is 0.101. The highest BCUT2D eigenvalue weighted by Gasteiger charge is 2.21. The Hall–Kier alpha value is -2.79. The maximum absolute atomic E-state index is 12.3. The van der Waals surface area contributed by atoms with E-state index in [2.05, 4.69) is 10.5 Å². The average molecular weight is 355 g/mol. The summed E-state index contributed by atoms with van der Waals surface area (Å²) in [5.41, 5.74) is 2.71. The zero-order valence-corrected chi connectivity index (χ0v) is 14.2. The summed E-state index contributed by atoms with van der Waals surface area (Å²) in [6.07, 6.45) is 1.04. The van der Waals surface area contributed by atoms with Gasteiger partial charge in [0.25, 0.3) is 5.91 Å². The van der Waals surface area contributed by atoms with Crippen LogP contribution in [-0.2, 0) is 6.42 Å². The van der Waals surface area contributed by atoms with Crippen LogP contribution in [0, 0.1) is 0 Å². The predicted molar refractivity (Wildman–Crippen MR) is 95.1 cm³/mol. The molecule has 0 radical (unpaired) electrons. The molecule has 25 heavy (non-hydrogen) atoms. The summed E-state index contributed by atoms with van der Waals surface area (Å²) in [6.45, 7) is 2.03. The lowest BCUT2D eigenvalue weighted by Gasteiger charge is -2.04. The first-order valence-electron chi connectivity index (χ1n) is 7.93. The average Bonchev–Trinajstić information content (AvgIpc) is 3.21. The van der Waals surface area contributed by atoms with Crippen LogP contribution in [0.2, 0.25) is 5.02 Å². The first-order valence-corrected chi connectivity index (χ1v) is 8.30. The van der Waals surface area contributed by atoms with E-state index in [1.807, 2.05) is 25.1 Å². The van der Waals surface area contributed by atoms with Crippen molar-refractivity contribution < 1.29 is 14.1 Å². The first-order chi connectivity index (χ1) is 12.1. The number of fused-ring (bicyclic) bond motifs is 1. The second-order valence-electron chi connectivity index (χ2n) is 5.97. The minimum atomic E-state index is -0.374. The van der Waals surface area contributed by atoms with E-state index in [0.29, 0.717) is 16.5 Å². The van der Waals surface area contributed by atoms with Gasteiger partial charge >= 0.3 is 0 Å². The number of carbonyl (C=O) groups excluding carboxylic acids is 1. The van der Waals surface area contributed by atoms with Gasteiger partial charge in [-0.2, -0.15) is 0 Å². The molecule has 0 saturated heterocycles.